The fraction of sp³-hybridized carbons (Fsp3) is 0.375. The van der Waals surface area contributed by atoms with E-state index in [1.165, 1.54) is 0 Å². The van der Waals surface area contributed by atoms with Gasteiger partial charge in [0, 0.05) is 23.2 Å². The number of nitrogens with zero attached hydrogens (tertiary/aromatic N) is 3. The standard InChI is InChI=1S/C16H17N3O4S/c1-10(2)19-15(22)14(21)18(16(19)23)9-13(20)17-7-8-24-12-6-4-3-5-11(12)17/h3-6,10H,7-9H2,1-2H3. The van der Waals surface area contributed by atoms with Crippen LogP contribution in [0.2, 0.25) is 0 Å². The van der Waals surface area contributed by atoms with E-state index in [9.17, 15) is 19.2 Å². The average Bonchev–Trinajstić information content (AvgIpc) is 2.77. The molecule has 1 aromatic carbocycles. The molecule has 0 aliphatic carbocycles. The molecule has 24 heavy (non-hydrogen) atoms. The molecule has 0 unspecified atom stereocenters. The summed E-state index contributed by atoms with van der Waals surface area (Å²) in [6.45, 7) is 3.36. The number of rotatable bonds is 3. The second kappa shape index (κ2) is 6.27. The smallest absolute Gasteiger partial charge is 0.309 e. The van der Waals surface area contributed by atoms with Gasteiger partial charge in [0.1, 0.15) is 6.54 Å². The number of para-hydroxylation sites is 1. The summed E-state index contributed by atoms with van der Waals surface area (Å²) in [5.74, 6) is -1.45. The number of hydrogen-bond donors (Lipinski definition) is 0. The molecule has 1 fully saturated rings. The number of carbonyl (C=O) groups is 4. The topological polar surface area (TPSA) is 78.0 Å². The van der Waals surface area contributed by atoms with Crippen LogP contribution in [0.4, 0.5) is 10.5 Å². The highest BCUT2D eigenvalue weighted by molar-refractivity contribution is 7.99. The van der Waals surface area contributed by atoms with E-state index >= 15 is 0 Å². The van der Waals surface area contributed by atoms with Crippen molar-refractivity contribution in [1.82, 2.24) is 9.80 Å². The minimum atomic E-state index is -0.943. The van der Waals surface area contributed by atoms with Gasteiger partial charge in [0.05, 0.1) is 5.69 Å². The van der Waals surface area contributed by atoms with Gasteiger partial charge in [-0.1, -0.05) is 12.1 Å². The van der Waals surface area contributed by atoms with E-state index in [0.29, 0.717) is 6.54 Å². The van der Waals surface area contributed by atoms with Gasteiger partial charge < -0.3 is 4.90 Å². The summed E-state index contributed by atoms with van der Waals surface area (Å²) < 4.78 is 0. The Morgan fingerprint density at radius 2 is 1.88 bits per heavy atom. The Balaban J connectivity index is 1.80. The van der Waals surface area contributed by atoms with Gasteiger partial charge >= 0.3 is 17.8 Å². The third kappa shape index (κ3) is 2.66. The summed E-state index contributed by atoms with van der Waals surface area (Å²) in [5, 5.41) is 0. The number of thioether (sulfide) groups is 1. The Morgan fingerprint density at radius 3 is 2.54 bits per heavy atom. The highest BCUT2D eigenvalue weighted by atomic mass is 32.2. The molecule has 0 saturated carbocycles. The highest BCUT2D eigenvalue weighted by Gasteiger charge is 2.46. The fourth-order valence-corrected chi connectivity index (χ4v) is 3.76. The molecule has 0 radical (unpaired) electrons. The predicted molar refractivity (Wildman–Crippen MR) is 88.6 cm³/mol. The molecular weight excluding hydrogens is 330 g/mol. The highest BCUT2D eigenvalue weighted by Crippen LogP contribution is 2.34. The van der Waals surface area contributed by atoms with Crippen molar-refractivity contribution in [2.24, 2.45) is 0 Å². The third-order valence-electron chi connectivity index (χ3n) is 3.92. The zero-order valence-electron chi connectivity index (χ0n) is 13.4. The van der Waals surface area contributed by atoms with Crippen LogP contribution in [0.1, 0.15) is 13.8 Å². The quantitative estimate of drug-likeness (QED) is 0.609. The lowest BCUT2D eigenvalue weighted by Crippen LogP contribution is -2.45. The molecular formula is C16H17N3O4S. The van der Waals surface area contributed by atoms with Crippen LogP contribution in [-0.4, -0.2) is 58.4 Å². The molecule has 2 heterocycles. The number of fused-ring (bicyclic) bond motifs is 1. The van der Waals surface area contributed by atoms with Crippen molar-refractivity contribution >= 4 is 41.2 Å². The molecule has 5 amide bonds. The molecule has 3 rings (SSSR count). The molecule has 1 saturated heterocycles. The van der Waals surface area contributed by atoms with Crippen molar-refractivity contribution in [3.05, 3.63) is 24.3 Å². The van der Waals surface area contributed by atoms with Crippen LogP contribution < -0.4 is 4.90 Å². The minimum Gasteiger partial charge on any atom is -0.309 e. The monoisotopic (exact) mass is 347 g/mol. The van der Waals surface area contributed by atoms with Gasteiger partial charge in [-0.25, -0.2) is 9.69 Å². The predicted octanol–water partition coefficient (Wildman–Crippen LogP) is 1.32. The molecule has 0 bridgehead atoms. The lowest BCUT2D eigenvalue weighted by molar-refractivity contribution is -0.144. The van der Waals surface area contributed by atoms with Crippen molar-refractivity contribution in [2.45, 2.75) is 24.8 Å². The van der Waals surface area contributed by atoms with Crippen molar-refractivity contribution in [3.63, 3.8) is 0 Å². The van der Waals surface area contributed by atoms with Crippen LogP contribution in [-0.2, 0) is 14.4 Å². The second-order valence-electron chi connectivity index (χ2n) is 5.80. The first-order chi connectivity index (χ1) is 11.4. The average molecular weight is 347 g/mol. The van der Waals surface area contributed by atoms with E-state index in [-0.39, 0.29) is 5.91 Å². The maximum absolute atomic E-state index is 12.6. The van der Waals surface area contributed by atoms with E-state index in [1.807, 2.05) is 24.3 Å². The summed E-state index contributed by atoms with van der Waals surface area (Å²) in [4.78, 5) is 53.0. The van der Waals surface area contributed by atoms with Gasteiger partial charge in [-0.15, -0.1) is 11.8 Å². The van der Waals surface area contributed by atoms with Crippen molar-refractivity contribution in [3.8, 4) is 0 Å². The maximum Gasteiger partial charge on any atom is 0.334 e. The summed E-state index contributed by atoms with van der Waals surface area (Å²) in [5.41, 5.74) is 0.768. The molecule has 7 nitrogen and oxygen atoms in total. The first-order valence-electron chi connectivity index (χ1n) is 7.63. The maximum atomic E-state index is 12.6. The normalized spacial score (nSPS) is 17.8. The van der Waals surface area contributed by atoms with Crippen LogP contribution in [0.15, 0.2) is 29.2 Å². The zero-order valence-corrected chi connectivity index (χ0v) is 14.2. The van der Waals surface area contributed by atoms with Gasteiger partial charge in [-0.2, -0.15) is 0 Å². The lowest BCUT2D eigenvalue weighted by atomic mass is 10.2. The molecule has 8 heteroatoms. The summed E-state index contributed by atoms with van der Waals surface area (Å²) in [6.07, 6.45) is 0. The Morgan fingerprint density at radius 1 is 1.17 bits per heavy atom. The Labute approximate surface area is 143 Å². The van der Waals surface area contributed by atoms with E-state index < -0.39 is 30.4 Å². The van der Waals surface area contributed by atoms with Crippen LogP contribution in [0.3, 0.4) is 0 Å². The molecule has 2 aliphatic rings. The van der Waals surface area contributed by atoms with Crippen LogP contribution in [0.25, 0.3) is 0 Å². The molecule has 126 valence electrons. The van der Waals surface area contributed by atoms with Crippen molar-refractivity contribution in [2.75, 3.05) is 23.7 Å². The number of anilines is 1. The number of amides is 5. The third-order valence-corrected chi connectivity index (χ3v) is 4.97. The number of carbonyl (C=O) groups excluding carboxylic acids is 4. The van der Waals surface area contributed by atoms with Gasteiger partial charge in [-0.3, -0.25) is 19.3 Å². The number of hydrogen-bond acceptors (Lipinski definition) is 5. The van der Waals surface area contributed by atoms with E-state index in [0.717, 1.165) is 26.1 Å². The summed E-state index contributed by atoms with van der Waals surface area (Å²) >= 11 is 1.65. The van der Waals surface area contributed by atoms with Crippen LogP contribution >= 0.6 is 11.8 Å². The van der Waals surface area contributed by atoms with Crippen LogP contribution in [0.5, 0.6) is 0 Å². The number of imide groups is 2. The molecule has 0 N–H and O–H groups in total. The number of urea groups is 1. The first kappa shape index (κ1) is 16.5. The summed E-state index contributed by atoms with van der Waals surface area (Å²) in [6, 6.07) is 6.33. The molecule has 2 aliphatic heterocycles. The molecule has 0 spiro atoms. The summed E-state index contributed by atoms with van der Waals surface area (Å²) in [7, 11) is 0. The Bertz CT molecular complexity index is 734. The van der Waals surface area contributed by atoms with E-state index in [2.05, 4.69) is 0 Å². The van der Waals surface area contributed by atoms with E-state index in [4.69, 9.17) is 0 Å². The minimum absolute atomic E-state index is 0.372. The molecule has 0 aromatic heterocycles. The zero-order chi connectivity index (χ0) is 17.4. The SMILES string of the molecule is CC(C)N1C(=O)C(=O)N(CC(=O)N2CCSc3ccccc32)C1=O. The first-order valence-corrected chi connectivity index (χ1v) is 8.61. The van der Waals surface area contributed by atoms with Gasteiger partial charge in [0.15, 0.2) is 0 Å². The second-order valence-corrected chi connectivity index (χ2v) is 6.94. The Kier molecular flexibility index (Phi) is 4.31. The van der Waals surface area contributed by atoms with Crippen LogP contribution in [0, 0.1) is 0 Å². The van der Waals surface area contributed by atoms with Gasteiger partial charge in [0.2, 0.25) is 5.91 Å². The number of benzene rings is 1. The molecule has 0 atom stereocenters. The largest absolute Gasteiger partial charge is 0.334 e. The lowest BCUT2D eigenvalue weighted by Gasteiger charge is -2.30. The van der Waals surface area contributed by atoms with E-state index in [1.54, 1.807) is 30.5 Å². The van der Waals surface area contributed by atoms with Gasteiger partial charge in [0.25, 0.3) is 0 Å². The Hall–Kier alpha value is -2.35. The van der Waals surface area contributed by atoms with Crippen molar-refractivity contribution < 1.29 is 19.2 Å². The molecule has 1 aromatic rings. The fourth-order valence-electron chi connectivity index (χ4n) is 2.77. The van der Waals surface area contributed by atoms with Crippen molar-refractivity contribution in [1.29, 1.82) is 0 Å². The van der Waals surface area contributed by atoms with Gasteiger partial charge in [-0.05, 0) is 26.0 Å².